The fourth-order valence-electron chi connectivity index (χ4n) is 2.06. The van der Waals surface area contributed by atoms with Crippen LogP contribution in [0.15, 0.2) is 28.7 Å². The summed E-state index contributed by atoms with van der Waals surface area (Å²) in [5.74, 6) is 0.256. The van der Waals surface area contributed by atoms with Crippen LogP contribution in [0.3, 0.4) is 0 Å². The van der Waals surface area contributed by atoms with E-state index in [1.54, 1.807) is 6.07 Å². The van der Waals surface area contributed by atoms with Crippen LogP contribution in [0.4, 0.5) is 11.6 Å². The maximum absolute atomic E-state index is 12.4. The molecular formula is C17H21BrN4O. The molecule has 5 nitrogen and oxygen atoms in total. The highest BCUT2D eigenvalue weighted by Gasteiger charge is 2.11. The van der Waals surface area contributed by atoms with Crippen molar-refractivity contribution in [3.63, 3.8) is 0 Å². The maximum atomic E-state index is 12.4. The molecule has 0 spiro atoms. The molecule has 1 heterocycles. The van der Waals surface area contributed by atoms with Crippen molar-refractivity contribution in [1.82, 2.24) is 9.97 Å². The summed E-state index contributed by atoms with van der Waals surface area (Å²) >= 11 is 3.45. The smallest absolute Gasteiger partial charge is 0.274 e. The minimum Gasteiger partial charge on any atom is -0.354 e. The van der Waals surface area contributed by atoms with Crippen LogP contribution in [0.1, 0.15) is 41.5 Å². The van der Waals surface area contributed by atoms with Gasteiger partial charge in [-0.25, -0.2) is 9.97 Å². The molecule has 6 heteroatoms. The van der Waals surface area contributed by atoms with Crippen LogP contribution in [-0.2, 0) is 0 Å². The second-order valence-electron chi connectivity index (χ2n) is 5.42. The van der Waals surface area contributed by atoms with Gasteiger partial charge in [0.05, 0.1) is 0 Å². The van der Waals surface area contributed by atoms with E-state index in [1.165, 1.54) is 0 Å². The van der Waals surface area contributed by atoms with Crippen LogP contribution in [0.5, 0.6) is 0 Å². The fraction of sp³-hybridized carbons (Fsp3) is 0.353. The standard InChI is InChI=1S/C17H21BrN4O/c1-4-5-8-19-17-20-12(3)10-15(22-17)16(23)21-13-6-7-14(18)11(2)9-13/h6-7,9-10H,4-5,8H2,1-3H3,(H,21,23)(H,19,20,22). The predicted octanol–water partition coefficient (Wildman–Crippen LogP) is 4.32. The third kappa shape index (κ3) is 5.03. The SMILES string of the molecule is CCCCNc1nc(C)cc(C(=O)Nc2ccc(Br)c(C)c2)n1. The molecule has 2 N–H and O–H groups in total. The topological polar surface area (TPSA) is 66.9 Å². The Morgan fingerprint density at radius 2 is 2.00 bits per heavy atom. The van der Waals surface area contributed by atoms with Crippen LogP contribution in [0.25, 0.3) is 0 Å². The normalized spacial score (nSPS) is 10.4. The minimum absolute atomic E-state index is 0.240. The molecule has 0 aliphatic carbocycles. The number of benzene rings is 1. The molecule has 0 saturated carbocycles. The highest BCUT2D eigenvalue weighted by molar-refractivity contribution is 9.10. The molecule has 1 aromatic carbocycles. The Kier molecular flexibility index (Phi) is 6.10. The maximum Gasteiger partial charge on any atom is 0.274 e. The number of aromatic nitrogens is 2. The number of halogens is 1. The Labute approximate surface area is 145 Å². The summed E-state index contributed by atoms with van der Waals surface area (Å²) in [5.41, 5.74) is 2.92. The average Bonchev–Trinajstić information content (AvgIpc) is 2.51. The molecule has 2 rings (SSSR count). The Morgan fingerprint density at radius 3 is 2.70 bits per heavy atom. The number of hydrogen-bond donors (Lipinski definition) is 2. The molecule has 0 atom stereocenters. The Balaban J connectivity index is 2.13. The lowest BCUT2D eigenvalue weighted by atomic mass is 10.2. The summed E-state index contributed by atoms with van der Waals surface area (Å²) < 4.78 is 1.01. The lowest BCUT2D eigenvalue weighted by Crippen LogP contribution is -2.16. The molecule has 2 aromatic rings. The number of rotatable bonds is 6. The fourth-order valence-corrected chi connectivity index (χ4v) is 2.31. The second-order valence-corrected chi connectivity index (χ2v) is 6.27. The third-order valence-electron chi connectivity index (χ3n) is 3.32. The molecule has 0 radical (unpaired) electrons. The van der Waals surface area contributed by atoms with Gasteiger partial charge in [-0.05, 0) is 50.1 Å². The van der Waals surface area contributed by atoms with Crippen LogP contribution >= 0.6 is 15.9 Å². The molecule has 0 fully saturated rings. The number of carbonyl (C=O) groups excluding carboxylic acids is 1. The van der Waals surface area contributed by atoms with Crippen molar-refractivity contribution in [2.75, 3.05) is 17.2 Å². The van der Waals surface area contributed by atoms with E-state index in [4.69, 9.17) is 0 Å². The summed E-state index contributed by atoms with van der Waals surface area (Å²) in [6.07, 6.45) is 2.13. The number of nitrogens with one attached hydrogen (secondary N) is 2. The van der Waals surface area contributed by atoms with Crippen molar-refractivity contribution < 1.29 is 4.79 Å². The zero-order valence-corrected chi connectivity index (χ0v) is 15.2. The van der Waals surface area contributed by atoms with Crippen molar-refractivity contribution >= 4 is 33.5 Å². The highest BCUT2D eigenvalue weighted by Crippen LogP contribution is 2.20. The van der Waals surface area contributed by atoms with Gasteiger partial charge >= 0.3 is 0 Å². The van der Waals surface area contributed by atoms with E-state index in [0.717, 1.165) is 40.8 Å². The first kappa shape index (κ1) is 17.4. The lowest BCUT2D eigenvalue weighted by molar-refractivity contribution is 0.102. The number of nitrogens with zero attached hydrogens (tertiary/aromatic N) is 2. The second kappa shape index (κ2) is 8.06. The average molecular weight is 377 g/mol. The van der Waals surface area contributed by atoms with Crippen molar-refractivity contribution in [2.45, 2.75) is 33.6 Å². The predicted molar refractivity (Wildman–Crippen MR) is 97.0 cm³/mol. The molecule has 1 amide bonds. The Morgan fingerprint density at radius 1 is 1.22 bits per heavy atom. The van der Waals surface area contributed by atoms with Crippen molar-refractivity contribution in [3.8, 4) is 0 Å². The van der Waals surface area contributed by atoms with Gasteiger partial charge in [0.25, 0.3) is 5.91 Å². The van der Waals surface area contributed by atoms with Gasteiger partial charge in [-0.3, -0.25) is 4.79 Å². The summed E-state index contributed by atoms with van der Waals surface area (Å²) in [7, 11) is 0. The van der Waals surface area contributed by atoms with Crippen LogP contribution in [-0.4, -0.2) is 22.4 Å². The van der Waals surface area contributed by atoms with Gasteiger partial charge in [0, 0.05) is 22.4 Å². The van der Waals surface area contributed by atoms with Gasteiger partial charge in [-0.15, -0.1) is 0 Å². The van der Waals surface area contributed by atoms with E-state index in [2.05, 4.69) is 43.5 Å². The van der Waals surface area contributed by atoms with Crippen LogP contribution in [0, 0.1) is 13.8 Å². The molecule has 0 bridgehead atoms. The molecule has 0 aliphatic rings. The largest absolute Gasteiger partial charge is 0.354 e. The number of hydrogen-bond acceptors (Lipinski definition) is 4. The molecular weight excluding hydrogens is 356 g/mol. The lowest BCUT2D eigenvalue weighted by Gasteiger charge is -2.09. The number of unbranched alkanes of at least 4 members (excludes halogenated alkanes) is 1. The zero-order valence-electron chi connectivity index (χ0n) is 13.6. The van der Waals surface area contributed by atoms with E-state index in [1.807, 2.05) is 32.0 Å². The van der Waals surface area contributed by atoms with Crippen LogP contribution < -0.4 is 10.6 Å². The van der Waals surface area contributed by atoms with E-state index in [-0.39, 0.29) is 5.91 Å². The first-order valence-corrected chi connectivity index (χ1v) is 8.46. The molecule has 0 aliphatic heterocycles. The molecule has 23 heavy (non-hydrogen) atoms. The van der Waals surface area contributed by atoms with Gasteiger partial charge in [-0.2, -0.15) is 0 Å². The monoisotopic (exact) mass is 376 g/mol. The quantitative estimate of drug-likeness (QED) is 0.736. The van der Waals surface area contributed by atoms with Gasteiger partial charge in [-0.1, -0.05) is 29.3 Å². The van der Waals surface area contributed by atoms with E-state index >= 15 is 0 Å². The highest BCUT2D eigenvalue weighted by atomic mass is 79.9. The first-order chi connectivity index (χ1) is 11.0. The summed E-state index contributed by atoms with van der Waals surface area (Å²) in [6, 6.07) is 7.36. The minimum atomic E-state index is -0.240. The molecule has 1 aromatic heterocycles. The van der Waals surface area contributed by atoms with Gasteiger partial charge < -0.3 is 10.6 Å². The Hall–Kier alpha value is -1.95. The van der Waals surface area contributed by atoms with Crippen LogP contribution in [0.2, 0.25) is 0 Å². The first-order valence-electron chi connectivity index (χ1n) is 7.66. The van der Waals surface area contributed by atoms with E-state index in [0.29, 0.717) is 11.6 Å². The van der Waals surface area contributed by atoms with E-state index < -0.39 is 0 Å². The van der Waals surface area contributed by atoms with Crippen molar-refractivity contribution in [2.24, 2.45) is 0 Å². The summed E-state index contributed by atoms with van der Waals surface area (Å²) in [6.45, 7) is 6.75. The van der Waals surface area contributed by atoms with Gasteiger partial charge in [0.15, 0.2) is 0 Å². The number of amides is 1. The molecule has 0 saturated heterocycles. The number of anilines is 2. The van der Waals surface area contributed by atoms with Gasteiger partial charge in [0.2, 0.25) is 5.95 Å². The zero-order chi connectivity index (χ0) is 16.8. The molecule has 0 unspecified atom stereocenters. The summed E-state index contributed by atoms with van der Waals surface area (Å²) in [5, 5.41) is 6.02. The van der Waals surface area contributed by atoms with E-state index in [9.17, 15) is 4.79 Å². The number of aryl methyl sites for hydroxylation is 2. The van der Waals surface area contributed by atoms with Gasteiger partial charge in [0.1, 0.15) is 5.69 Å². The molecule has 122 valence electrons. The van der Waals surface area contributed by atoms with Crippen molar-refractivity contribution in [3.05, 3.63) is 45.7 Å². The third-order valence-corrected chi connectivity index (χ3v) is 4.21. The number of carbonyl (C=O) groups is 1. The summed E-state index contributed by atoms with van der Waals surface area (Å²) in [4.78, 5) is 21.0. The Bertz CT molecular complexity index is 703. The van der Waals surface area contributed by atoms with Crippen molar-refractivity contribution in [1.29, 1.82) is 0 Å².